The third-order valence-electron chi connectivity index (χ3n) is 2.22. The lowest BCUT2D eigenvalue weighted by molar-refractivity contribution is -0.383. The van der Waals surface area contributed by atoms with Crippen LogP contribution in [0.4, 0.5) is 11.5 Å². The molecule has 0 atom stereocenters. The van der Waals surface area contributed by atoms with E-state index in [2.05, 4.69) is 10.1 Å². The van der Waals surface area contributed by atoms with E-state index in [1.54, 1.807) is 0 Å². The van der Waals surface area contributed by atoms with Crippen LogP contribution in [-0.2, 0) is 10.0 Å². The molecule has 112 valence electrons. The summed E-state index contributed by atoms with van der Waals surface area (Å²) >= 11 is 11.7. The van der Waals surface area contributed by atoms with Crippen LogP contribution in [0.1, 0.15) is 0 Å². The van der Waals surface area contributed by atoms with E-state index in [-0.39, 0.29) is 21.7 Å². The molecular weight excluding hydrogens is 345 g/mol. The molecule has 2 heterocycles. The van der Waals surface area contributed by atoms with Gasteiger partial charge in [-0.15, -0.1) is 0 Å². The van der Waals surface area contributed by atoms with Gasteiger partial charge in [-0.1, -0.05) is 23.2 Å². The van der Waals surface area contributed by atoms with Gasteiger partial charge in [-0.2, -0.15) is 9.78 Å². The number of anilines is 1. The van der Waals surface area contributed by atoms with Gasteiger partial charge in [-0.25, -0.2) is 13.4 Å². The second-order valence-electron chi connectivity index (χ2n) is 3.88. The molecule has 2 aromatic rings. The summed E-state index contributed by atoms with van der Waals surface area (Å²) in [6.07, 6.45) is 2.99. The van der Waals surface area contributed by atoms with E-state index in [1.807, 2.05) is 4.72 Å². The number of nitrogens with one attached hydrogen (secondary N) is 1. The summed E-state index contributed by atoms with van der Waals surface area (Å²) in [6.45, 7) is 0. The fourth-order valence-electron chi connectivity index (χ4n) is 1.47. The van der Waals surface area contributed by atoms with Gasteiger partial charge in [0.15, 0.2) is 5.82 Å². The van der Waals surface area contributed by atoms with Crippen molar-refractivity contribution in [1.29, 1.82) is 0 Å². The van der Waals surface area contributed by atoms with Gasteiger partial charge in [-0.05, 0) is 6.07 Å². The van der Waals surface area contributed by atoms with Crippen molar-refractivity contribution >= 4 is 44.7 Å². The highest BCUT2D eigenvalue weighted by molar-refractivity contribution is 7.92. The molecule has 2 rings (SSSR count). The first-order valence-corrected chi connectivity index (χ1v) is 7.85. The van der Waals surface area contributed by atoms with Crippen molar-refractivity contribution in [3.05, 3.63) is 38.6 Å². The number of nitrogens with zero attached hydrogens (tertiary/aromatic N) is 4. The molecule has 0 spiro atoms. The average Bonchev–Trinajstić information content (AvgIpc) is 2.70. The number of sulfonamides is 1. The van der Waals surface area contributed by atoms with Gasteiger partial charge < -0.3 is 0 Å². The normalized spacial score (nSPS) is 11.4. The van der Waals surface area contributed by atoms with Gasteiger partial charge in [-0.3, -0.25) is 14.8 Å². The molecule has 0 saturated heterocycles. The minimum Gasteiger partial charge on any atom is -0.262 e. The number of pyridine rings is 1. The topological polar surface area (TPSA) is 120 Å². The summed E-state index contributed by atoms with van der Waals surface area (Å²) in [5.41, 5.74) is -0.534. The fraction of sp³-hybridized carbons (Fsp3) is 0.111. The van der Waals surface area contributed by atoms with Gasteiger partial charge in [0, 0.05) is 6.20 Å². The number of rotatable bonds is 4. The van der Waals surface area contributed by atoms with Gasteiger partial charge in [0.05, 0.1) is 21.2 Å². The Bertz CT molecular complexity index is 820. The molecule has 0 aromatic carbocycles. The molecule has 21 heavy (non-hydrogen) atoms. The van der Waals surface area contributed by atoms with Crippen LogP contribution in [0.2, 0.25) is 10.0 Å². The van der Waals surface area contributed by atoms with Crippen molar-refractivity contribution in [2.75, 3.05) is 11.0 Å². The first kappa shape index (κ1) is 15.5. The van der Waals surface area contributed by atoms with E-state index < -0.39 is 20.6 Å². The van der Waals surface area contributed by atoms with Crippen LogP contribution >= 0.6 is 23.2 Å². The van der Waals surface area contributed by atoms with Gasteiger partial charge >= 0.3 is 5.69 Å². The molecule has 2 aromatic heterocycles. The number of nitro groups is 1. The molecule has 0 aliphatic rings. The largest absolute Gasteiger partial charge is 0.332 e. The number of halogens is 2. The molecule has 0 aliphatic carbocycles. The lowest BCUT2D eigenvalue weighted by Gasteiger charge is -2.08. The minimum absolute atomic E-state index is 0.000293. The third kappa shape index (κ3) is 3.40. The predicted octanol–water partition coefficient (Wildman–Crippen LogP) is 1.85. The molecule has 0 bridgehead atoms. The molecule has 9 nitrogen and oxygen atoms in total. The minimum atomic E-state index is -3.77. The molecule has 0 amide bonds. The maximum atomic E-state index is 11.3. The van der Waals surface area contributed by atoms with Crippen molar-refractivity contribution in [3.63, 3.8) is 0 Å². The monoisotopic (exact) mass is 351 g/mol. The smallest absolute Gasteiger partial charge is 0.262 e. The van der Waals surface area contributed by atoms with Gasteiger partial charge in [0.1, 0.15) is 6.20 Å². The Balaban J connectivity index is 2.66. The van der Waals surface area contributed by atoms with Crippen molar-refractivity contribution < 1.29 is 13.3 Å². The maximum absolute atomic E-state index is 11.3. The van der Waals surface area contributed by atoms with Crippen molar-refractivity contribution in [2.24, 2.45) is 0 Å². The van der Waals surface area contributed by atoms with Crippen LogP contribution in [-0.4, -0.2) is 34.4 Å². The predicted molar refractivity (Wildman–Crippen MR) is 76.5 cm³/mol. The molecule has 0 radical (unpaired) electrons. The van der Waals surface area contributed by atoms with Crippen LogP contribution in [0.25, 0.3) is 5.82 Å². The summed E-state index contributed by atoms with van der Waals surface area (Å²) in [7, 11) is -3.77. The van der Waals surface area contributed by atoms with Crippen LogP contribution in [0.5, 0.6) is 0 Å². The fourth-order valence-corrected chi connectivity index (χ4v) is 2.47. The second kappa shape index (κ2) is 5.47. The van der Waals surface area contributed by atoms with E-state index in [9.17, 15) is 18.5 Å². The molecule has 1 N–H and O–H groups in total. The SMILES string of the molecule is CS(=O)(=O)Nc1c([N+](=O)[O-])cnn1-c1ncc(Cl)cc1Cl. The lowest BCUT2D eigenvalue weighted by atomic mass is 10.4. The van der Waals surface area contributed by atoms with E-state index in [0.717, 1.165) is 17.1 Å². The lowest BCUT2D eigenvalue weighted by Crippen LogP contribution is -2.15. The highest BCUT2D eigenvalue weighted by atomic mass is 35.5. The van der Waals surface area contributed by atoms with Crippen LogP contribution in [0.3, 0.4) is 0 Å². The zero-order valence-electron chi connectivity index (χ0n) is 10.3. The number of hydrogen-bond donors (Lipinski definition) is 1. The number of hydrogen-bond acceptors (Lipinski definition) is 6. The van der Waals surface area contributed by atoms with E-state index >= 15 is 0 Å². The van der Waals surface area contributed by atoms with E-state index in [4.69, 9.17) is 23.2 Å². The van der Waals surface area contributed by atoms with Crippen LogP contribution in [0.15, 0.2) is 18.5 Å². The molecule has 0 unspecified atom stereocenters. The van der Waals surface area contributed by atoms with E-state index in [0.29, 0.717) is 0 Å². The molecular formula is C9H7Cl2N5O4S. The zero-order valence-corrected chi connectivity index (χ0v) is 12.6. The summed E-state index contributed by atoms with van der Waals surface area (Å²) < 4.78 is 25.6. The molecule has 0 saturated carbocycles. The van der Waals surface area contributed by atoms with Gasteiger partial charge in [0.25, 0.3) is 0 Å². The van der Waals surface area contributed by atoms with Crippen molar-refractivity contribution in [2.45, 2.75) is 0 Å². The third-order valence-corrected chi connectivity index (χ3v) is 3.27. The molecule has 12 heteroatoms. The Morgan fingerprint density at radius 1 is 1.38 bits per heavy atom. The number of aromatic nitrogens is 3. The van der Waals surface area contributed by atoms with Crippen LogP contribution in [0, 0.1) is 10.1 Å². The summed E-state index contributed by atoms with van der Waals surface area (Å²) in [6, 6.07) is 1.35. The summed E-state index contributed by atoms with van der Waals surface area (Å²) in [4.78, 5) is 14.0. The maximum Gasteiger partial charge on any atom is 0.332 e. The standard InChI is InChI=1S/C9H7Cl2N5O4S/c1-21(19,20)14-9-7(16(17)18)4-13-15(9)8-6(11)2-5(10)3-12-8/h2-4,14H,1H3. The average molecular weight is 352 g/mol. The van der Waals surface area contributed by atoms with Crippen molar-refractivity contribution in [1.82, 2.24) is 14.8 Å². The first-order chi connectivity index (χ1) is 9.69. The molecule has 0 aliphatic heterocycles. The summed E-state index contributed by atoms with van der Waals surface area (Å²) in [5, 5.41) is 15.0. The van der Waals surface area contributed by atoms with E-state index in [1.165, 1.54) is 12.3 Å². The Kier molecular flexibility index (Phi) is 4.03. The Morgan fingerprint density at radius 2 is 2.05 bits per heavy atom. The quantitative estimate of drug-likeness (QED) is 0.662. The molecule has 0 fully saturated rings. The van der Waals surface area contributed by atoms with Crippen LogP contribution < -0.4 is 4.72 Å². The van der Waals surface area contributed by atoms with Crippen molar-refractivity contribution in [3.8, 4) is 5.82 Å². The highest BCUT2D eigenvalue weighted by Crippen LogP contribution is 2.30. The highest BCUT2D eigenvalue weighted by Gasteiger charge is 2.25. The first-order valence-electron chi connectivity index (χ1n) is 5.20. The Labute approximate surface area is 128 Å². The Morgan fingerprint density at radius 3 is 2.57 bits per heavy atom. The second-order valence-corrected chi connectivity index (χ2v) is 6.47. The summed E-state index contributed by atoms with van der Waals surface area (Å²) in [5.74, 6) is -0.375. The Hall–Kier alpha value is -1.91. The van der Waals surface area contributed by atoms with Gasteiger partial charge in [0.2, 0.25) is 15.8 Å². The zero-order chi connectivity index (χ0) is 15.8.